The molecule has 116 valence electrons. The van der Waals surface area contributed by atoms with Crippen molar-refractivity contribution in [3.05, 3.63) is 58.0 Å². The number of thiazole rings is 1. The van der Waals surface area contributed by atoms with Crippen molar-refractivity contribution in [1.29, 1.82) is 0 Å². The van der Waals surface area contributed by atoms with Crippen LogP contribution in [0.15, 0.2) is 63.3 Å². The number of para-hydroxylation sites is 1. The van der Waals surface area contributed by atoms with E-state index >= 15 is 0 Å². The van der Waals surface area contributed by atoms with Gasteiger partial charge in [0.25, 0.3) is 0 Å². The zero-order chi connectivity index (χ0) is 15.5. The zero-order valence-electron chi connectivity index (χ0n) is 12.7. The van der Waals surface area contributed by atoms with Crippen LogP contribution in [-0.2, 0) is 0 Å². The van der Waals surface area contributed by atoms with Crippen molar-refractivity contribution in [1.82, 2.24) is 4.68 Å². The molecule has 3 nitrogen and oxygen atoms in total. The molecule has 0 spiro atoms. The van der Waals surface area contributed by atoms with E-state index in [1.807, 2.05) is 35.0 Å². The third kappa shape index (κ3) is 3.21. The van der Waals surface area contributed by atoms with E-state index in [0.29, 0.717) is 0 Å². The number of aromatic nitrogens is 1. The third-order valence-electron chi connectivity index (χ3n) is 3.86. The van der Waals surface area contributed by atoms with E-state index in [0.717, 1.165) is 29.0 Å². The fraction of sp³-hybridized carbons (Fsp3) is 0.222. The van der Waals surface area contributed by atoms with E-state index < -0.39 is 0 Å². The highest BCUT2D eigenvalue weighted by molar-refractivity contribution is 7.14. The monoisotopic (exact) mass is 339 g/mol. The van der Waals surface area contributed by atoms with Crippen LogP contribution in [0.25, 0.3) is 10.6 Å². The molecule has 5 heteroatoms. The molecule has 2 aromatic heterocycles. The minimum Gasteiger partial charge on any atom is -0.220 e. The molecular weight excluding hydrogens is 322 g/mol. The standard InChI is InChI=1S/C18H17N3S2/c1-2-7-14(8-3-1)19-18-21(20-15-9-4-5-10-15)16(13-23-18)17-11-6-12-22-17/h1-3,6-8,11-13H,4-5,9-10H2. The van der Waals surface area contributed by atoms with Crippen LogP contribution < -0.4 is 4.80 Å². The Morgan fingerprint density at radius 2 is 1.74 bits per heavy atom. The zero-order valence-corrected chi connectivity index (χ0v) is 14.3. The molecule has 23 heavy (non-hydrogen) atoms. The van der Waals surface area contributed by atoms with Gasteiger partial charge in [-0.25, -0.2) is 9.67 Å². The molecule has 1 aromatic carbocycles. The molecule has 1 aliphatic rings. The minimum absolute atomic E-state index is 0.930. The van der Waals surface area contributed by atoms with E-state index in [9.17, 15) is 0 Å². The molecule has 0 atom stereocenters. The maximum Gasteiger partial charge on any atom is 0.211 e. The Bertz CT molecular complexity index is 863. The second-order valence-electron chi connectivity index (χ2n) is 5.51. The number of thiophene rings is 1. The van der Waals surface area contributed by atoms with Gasteiger partial charge >= 0.3 is 0 Å². The van der Waals surface area contributed by atoms with Gasteiger partial charge in [0.15, 0.2) is 0 Å². The van der Waals surface area contributed by atoms with E-state index in [4.69, 9.17) is 10.1 Å². The summed E-state index contributed by atoms with van der Waals surface area (Å²) >= 11 is 3.39. The molecule has 1 saturated carbocycles. The Kier molecular flexibility index (Phi) is 4.22. The van der Waals surface area contributed by atoms with Crippen LogP contribution in [0.3, 0.4) is 0 Å². The quantitative estimate of drug-likeness (QED) is 0.621. The lowest BCUT2D eigenvalue weighted by Gasteiger charge is -2.03. The number of benzene rings is 1. The Balaban J connectivity index is 1.86. The first-order valence-corrected chi connectivity index (χ1v) is 9.57. The van der Waals surface area contributed by atoms with Crippen molar-refractivity contribution in [3.8, 4) is 10.6 Å². The topological polar surface area (TPSA) is 29.6 Å². The van der Waals surface area contributed by atoms with Crippen LogP contribution in [0.4, 0.5) is 5.69 Å². The van der Waals surface area contributed by atoms with Gasteiger partial charge in [0.2, 0.25) is 4.80 Å². The summed E-state index contributed by atoms with van der Waals surface area (Å²) in [7, 11) is 0. The smallest absolute Gasteiger partial charge is 0.211 e. The molecule has 1 fully saturated rings. The first-order chi connectivity index (χ1) is 11.4. The van der Waals surface area contributed by atoms with E-state index in [1.165, 1.54) is 23.4 Å². The van der Waals surface area contributed by atoms with Crippen LogP contribution in [0.5, 0.6) is 0 Å². The normalized spacial score (nSPS) is 15.3. The minimum atomic E-state index is 0.930. The Labute approximate surface area is 143 Å². The molecule has 0 N–H and O–H groups in total. The summed E-state index contributed by atoms with van der Waals surface area (Å²) in [5.74, 6) is 0. The molecule has 0 bridgehead atoms. The fourth-order valence-electron chi connectivity index (χ4n) is 2.71. The van der Waals surface area contributed by atoms with Gasteiger partial charge in [-0.15, -0.1) is 22.7 Å². The van der Waals surface area contributed by atoms with Crippen LogP contribution in [0.1, 0.15) is 25.7 Å². The van der Waals surface area contributed by atoms with Gasteiger partial charge in [-0.2, -0.15) is 5.10 Å². The van der Waals surface area contributed by atoms with Gasteiger partial charge in [-0.05, 0) is 49.3 Å². The number of rotatable bonds is 3. The summed E-state index contributed by atoms with van der Waals surface area (Å²) < 4.78 is 2.03. The average molecular weight is 339 g/mol. The predicted molar refractivity (Wildman–Crippen MR) is 98.6 cm³/mol. The molecule has 0 unspecified atom stereocenters. The summed E-state index contributed by atoms with van der Waals surface area (Å²) in [4.78, 5) is 6.96. The van der Waals surface area contributed by atoms with Gasteiger partial charge < -0.3 is 0 Å². The summed E-state index contributed by atoms with van der Waals surface area (Å²) in [6, 6.07) is 14.3. The lowest BCUT2D eigenvalue weighted by molar-refractivity contribution is 0.842. The first-order valence-electron chi connectivity index (χ1n) is 7.81. The van der Waals surface area contributed by atoms with Crippen LogP contribution in [0.2, 0.25) is 0 Å². The predicted octanol–water partition coefficient (Wildman–Crippen LogP) is 5.29. The summed E-state index contributed by atoms with van der Waals surface area (Å²) in [5.41, 5.74) is 3.39. The highest BCUT2D eigenvalue weighted by Crippen LogP contribution is 2.26. The summed E-state index contributed by atoms with van der Waals surface area (Å²) in [5, 5.41) is 9.19. The fourth-order valence-corrected chi connectivity index (χ4v) is 4.35. The largest absolute Gasteiger partial charge is 0.220 e. The molecule has 0 radical (unpaired) electrons. The van der Waals surface area contributed by atoms with Crippen molar-refractivity contribution in [2.45, 2.75) is 25.7 Å². The Morgan fingerprint density at radius 1 is 0.913 bits per heavy atom. The molecule has 0 aliphatic heterocycles. The molecule has 0 saturated heterocycles. The molecule has 1 aliphatic carbocycles. The van der Waals surface area contributed by atoms with Crippen molar-refractivity contribution in [3.63, 3.8) is 0 Å². The highest BCUT2D eigenvalue weighted by Gasteiger charge is 2.12. The van der Waals surface area contributed by atoms with Gasteiger partial charge in [0.1, 0.15) is 0 Å². The third-order valence-corrected chi connectivity index (χ3v) is 5.57. The highest BCUT2D eigenvalue weighted by atomic mass is 32.1. The van der Waals surface area contributed by atoms with Gasteiger partial charge in [-0.1, -0.05) is 24.3 Å². The van der Waals surface area contributed by atoms with Crippen molar-refractivity contribution < 1.29 is 0 Å². The lowest BCUT2D eigenvalue weighted by Crippen LogP contribution is -2.13. The SMILES string of the molecule is c1ccc(N=c2scc(-c3cccs3)n2N=C2CCCC2)cc1. The summed E-state index contributed by atoms with van der Waals surface area (Å²) in [6.45, 7) is 0. The second-order valence-corrected chi connectivity index (χ2v) is 7.30. The maximum absolute atomic E-state index is 4.93. The van der Waals surface area contributed by atoms with Crippen LogP contribution in [-0.4, -0.2) is 10.4 Å². The van der Waals surface area contributed by atoms with E-state index in [1.54, 1.807) is 22.7 Å². The molecule has 4 rings (SSSR count). The first kappa shape index (κ1) is 14.6. The number of hydrogen-bond donors (Lipinski definition) is 0. The molecule has 2 heterocycles. The molecular formula is C18H17N3S2. The Morgan fingerprint density at radius 3 is 2.48 bits per heavy atom. The number of nitrogens with zero attached hydrogens (tertiary/aromatic N) is 3. The second kappa shape index (κ2) is 6.64. The van der Waals surface area contributed by atoms with Gasteiger partial charge in [0.05, 0.1) is 16.3 Å². The number of hydrogen-bond acceptors (Lipinski definition) is 4. The van der Waals surface area contributed by atoms with E-state index in [2.05, 4.69) is 22.9 Å². The Hall–Kier alpha value is -1.98. The molecule has 3 aromatic rings. The van der Waals surface area contributed by atoms with Crippen LogP contribution >= 0.6 is 22.7 Å². The lowest BCUT2D eigenvalue weighted by atomic mass is 10.3. The maximum atomic E-state index is 4.93. The van der Waals surface area contributed by atoms with Crippen molar-refractivity contribution in [2.24, 2.45) is 10.1 Å². The average Bonchev–Trinajstić information content (AvgIpc) is 3.32. The van der Waals surface area contributed by atoms with Crippen LogP contribution in [0, 0.1) is 0 Å². The summed E-state index contributed by atoms with van der Waals surface area (Å²) in [6.07, 6.45) is 4.72. The van der Waals surface area contributed by atoms with Gasteiger partial charge in [0, 0.05) is 11.1 Å². The van der Waals surface area contributed by atoms with Crippen molar-refractivity contribution >= 4 is 34.1 Å². The molecule has 0 amide bonds. The van der Waals surface area contributed by atoms with Crippen molar-refractivity contribution in [2.75, 3.05) is 0 Å². The van der Waals surface area contributed by atoms with Gasteiger partial charge in [-0.3, -0.25) is 0 Å². The van der Waals surface area contributed by atoms with E-state index in [-0.39, 0.29) is 0 Å².